The molecule has 2 heteroatoms. The maximum Gasteiger partial charge on any atom is 0.213 e. The molecular formula is C24H35NO. The quantitative estimate of drug-likeness (QED) is 0.364. The molecule has 0 saturated carbocycles. The Morgan fingerprint density at radius 2 is 1.62 bits per heavy atom. The van der Waals surface area contributed by atoms with Crippen LogP contribution in [0.2, 0.25) is 0 Å². The molecule has 0 spiro atoms. The molecule has 2 nitrogen and oxygen atoms in total. The second kappa shape index (κ2) is 12.5. The molecule has 1 unspecified atom stereocenters. The van der Waals surface area contributed by atoms with E-state index in [-0.39, 0.29) is 0 Å². The SMILES string of the molecule is CCCCCCC(COc1ccccn1)c1ccc(CCCCC)cc1. The van der Waals surface area contributed by atoms with Crippen molar-refractivity contribution in [2.24, 2.45) is 0 Å². The number of pyridine rings is 1. The normalized spacial score (nSPS) is 12.1. The lowest BCUT2D eigenvalue weighted by molar-refractivity contribution is 0.269. The molecule has 0 aliphatic heterocycles. The molecular weight excluding hydrogens is 318 g/mol. The molecule has 0 aliphatic carbocycles. The zero-order chi connectivity index (χ0) is 18.5. The Morgan fingerprint density at radius 3 is 2.31 bits per heavy atom. The summed E-state index contributed by atoms with van der Waals surface area (Å²) in [6, 6.07) is 15.1. The van der Waals surface area contributed by atoms with Gasteiger partial charge in [0, 0.05) is 18.2 Å². The van der Waals surface area contributed by atoms with E-state index in [1.807, 2.05) is 18.2 Å². The van der Waals surface area contributed by atoms with E-state index < -0.39 is 0 Å². The number of hydrogen-bond acceptors (Lipinski definition) is 2. The van der Waals surface area contributed by atoms with Crippen molar-refractivity contribution in [3.8, 4) is 5.88 Å². The average molecular weight is 354 g/mol. The summed E-state index contributed by atoms with van der Waals surface area (Å²) in [5, 5.41) is 0. The highest BCUT2D eigenvalue weighted by atomic mass is 16.5. The second-order valence-electron chi connectivity index (χ2n) is 7.22. The minimum atomic E-state index is 0.443. The first-order valence-corrected chi connectivity index (χ1v) is 10.5. The third kappa shape index (κ3) is 7.59. The summed E-state index contributed by atoms with van der Waals surface area (Å²) < 4.78 is 5.98. The molecule has 0 aliphatic rings. The third-order valence-corrected chi connectivity index (χ3v) is 5.00. The van der Waals surface area contributed by atoms with Crippen LogP contribution in [0.4, 0.5) is 0 Å². The number of rotatable bonds is 13. The fourth-order valence-corrected chi connectivity index (χ4v) is 3.32. The summed E-state index contributed by atoms with van der Waals surface area (Å²) in [4.78, 5) is 4.29. The fourth-order valence-electron chi connectivity index (χ4n) is 3.32. The van der Waals surface area contributed by atoms with Gasteiger partial charge in [-0.3, -0.25) is 0 Å². The van der Waals surface area contributed by atoms with Gasteiger partial charge in [-0.2, -0.15) is 0 Å². The van der Waals surface area contributed by atoms with Crippen LogP contribution in [-0.2, 0) is 6.42 Å². The Balaban J connectivity index is 1.94. The van der Waals surface area contributed by atoms with Crippen LogP contribution in [0.5, 0.6) is 5.88 Å². The summed E-state index contributed by atoms with van der Waals surface area (Å²) in [6.45, 7) is 5.23. The summed E-state index contributed by atoms with van der Waals surface area (Å²) in [5.41, 5.74) is 2.86. The summed E-state index contributed by atoms with van der Waals surface area (Å²) in [6.07, 6.45) is 13.2. The van der Waals surface area contributed by atoms with E-state index in [0.29, 0.717) is 12.5 Å². The van der Waals surface area contributed by atoms with Crippen LogP contribution in [0.15, 0.2) is 48.7 Å². The minimum absolute atomic E-state index is 0.443. The van der Waals surface area contributed by atoms with E-state index in [1.54, 1.807) is 6.20 Å². The summed E-state index contributed by atoms with van der Waals surface area (Å²) >= 11 is 0. The predicted octanol–water partition coefficient (Wildman–Crippen LogP) is 6.95. The van der Waals surface area contributed by atoms with E-state index in [4.69, 9.17) is 4.74 Å². The maximum atomic E-state index is 5.98. The summed E-state index contributed by atoms with van der Waals surface area (Å²) in [5.74, 6) is 1.17. The van der Waals surface area contributed by atoms with Gasteiger partial charge in [0.05, 0.1) is 6.61 Å². The summed E-state index contributed by atoms with van der Waals surface area (Å²) in [7, 11) is 0. The zero-order valence-corrected chi connectivity index (χ0v) is 16.6. The molecule has 26 heavy (non-hydrogen) atoms. The standard InChI is InChI=1S/C24H35NO/c1-3-5-7-9-13-23(20-26-24-14-10-11-19-25-24)22-17-15-21(16-18-22)12-8-6-4-2/h10-11,14-19,23H,3-9,12-13,20H2,1-2H3. The van der Waals surface area contributed by atoms with Crippen molar-refractivity contribution in [2.45, 2.75) is 77.6 Å². The largest absolute Gasteiger partial charge is 0.477 e. The smallest absolute Gasteiger partial charge is 0.213 e. The lowest BCUT2D eigenvalue weighted by Crippen LogP contribution is -2.11. The van der Waals surface area contributed by atoms with E-state index >= 15 is 0 Å². The Bertz CT molecular complexity index is 579. The van der Waals surface area contributed by atoms with Gasteiger partial charge in [-0.05, 0) is 36.5 Å². The van der Waals surface area contributed by atoms with Crippen LogP contribution in [0, 0.1) is 0 Å². The number of aryl methyl sites for hydroxylation is 1. The van der Waals surface area contributed by atoms with Crippen LogP contribution in [0.25, 0.3) is 0 Å². The van der Waals surface area contributed by atoms with Crippen molar-refractivity contribution in [3.05, 3.63) is 59.8 Å². The Hall–Kier alpha value is -1.83. The number of hydrogen-bond donors (Lipinski definition) is 0. The molecule has 1 aromatic carbocycles. The van der Waals surface area contributed by atoms with Gasteiger partial charge in [0.15, 0.2) is 0 Å². The van der Waals surface area contributed by atoms with E-state index in [9.17, 15) is 0 Å². The van der Waals surface area contributed by atoms with Gasteiger partial charge in [-0.15, -0.1) is 0 Å². The van der Waals surface area contributed by atoms with Crippen molar-refractivity contribution in [1.29, 1.82) is 0 Å². The van der Waals surface area contributed by atoms with Gasteiger partial charge in [-0.1, -0.05) is 82.7 Å². The van der Waals surface area contributed by atoms with Crippen LogP contribution in [0.3, 0.4) is 0 Å². The Labute approximate surface area is 160 Å². The van der Waals surface area contributed by atoms with Gasteiger partial charge in [0.25, 0.3) is 0 Å². The second-order valence-corrected chi connectivity index (χ2v) is 7.22. The molecule has 1 heterocycles. The van der Waals surface area contributed by atoms with Crippen LogP contribution < -0.4 is 4.74 Å². The number of benzene rings is 1. The molecule has 142 valence electrons. The molecule has 0 amide bonds. The van der Waals surface area contributed by atoms with Crippen molar-refractivity contribution >= 4 is 0 Å². The predicted molar refractivity (Wildman–Crippen MR) is 111 cm³/mol. The van der Waals surface area contributed by atoms with Gasteiger partial charge >= 0.3 is 0 Å². The molecule has 2 aromatic rings. The highest BCUT2D eigenvalue weighted by molar-refractivity contribution is 5.26. The average Bonchev–Trinajstić information content (AvgIpc) is 2.69. The Kier molecular flexibility index (Phi) is 9.86. The molecule has 1 aromatic heterocycles. The van der Waals surface area contributed by atoms with Crippen LogP contribution in [0.1, 0.15) is 82.3 Å². The van der Waals surface area contributed by atoms with Crippen molar-refractivity contribution < 1.29 is 4.74 Å². The van der Waals surface area contributed by atoms with E-state index in [2.05, 4.69) is 43.1 Å². The Morgan fingerprint density at radius 1 is 0.846 bits per heavy atom. The van der Waals surface area contributed by atoms with Gasteiger partial charge < -0.3 is 4.74 Å². The molecule has 0 bridgehead atoms. The van der Waals surface area contributed by atoms with Gasteiger partial charge in [0.1, 0.15) is 0 Å². The molecule has 0 N–H and O–H groups in total. The first-order chi connectivity index (χ1) is 12.8. The zero-order valence-electron chi connectivity index (χ0n) is 16.6. The first-order valence-electron chi connectivity index (χ1n) is 10.5. The lowest BCUT2D eigenvalue weighted by atomic mass is 9.92. The number of aromatic nitrogens is 1. The van der Waals surface area contributed by atoms with Gasteiger partial charge in [0.2, 0.25) is 5.88 Å². The first kappa shape index (κ1) is 20.5. The molecule has 0 fully saturated rings. The van der Waals surface area contributed by atoms with Crippen molar-refractivity contribution in [3.63, 3.8) is 0 Å². The van der Waals surface area contributed by atoms with E-state index in [0.717, 1.165) is 5.88 Å². The molecule has 0 saturated heterocycles. The van der Waals surface area contributed by atoms with Crippen LogP contribution in [-0.4, -0.2) is 11.6 Å². The van der Waals surface area contributed by atoms with Gasteiger partial charge in [-0.25, -0.2) is 4.98 Å². The third-order valence-electron chi connectivity index (χ3n) is 5.00. The molecule has 1 atom stereocenters. The highest BCUT2D eigenvalue weighted by Crippen LogP contribution is 2.25. The lowest BCUT2D eigenvalue weighted by Gasteiger charge is -2.18. The highest BCUT2D eigenvalue weighted by Gasteiger charge is 2.13. The minimum Gasteiger partial charge on any atom is -0.477 e. The maximum absolute atomic E-state index is 5.98. The van der Waals surface area contributed by atoms with Crippen molar-refractivity contribution in [1.82, 2.24) is 4.98 Å². The number of unbranched alkanes of at least 4 members (excludes halogenated alkanes) is 5. The van der Waals surface area contributed by atoms with Crippen LogP contribution >= 0.6 is 0 Å². The molecule has 0 radical (unpaired) electrons. The number of ether oxygens (including phenoxy) is 1. The molecule has 2 rings (SSSR count). The van der Waals surface area contributed by atoms with E-state index in [1.165, 1.54) is 68.9 Å². The topological polar surface area (TPSA) is 22.1 Å². The van der Waals surface area contributed by atoms with Crippen molar-refractivity contribution in [2.75, 3.05) is 6.61 Å². The number of nitrogens with zero attached hydrogens (tertiary/aromatic N) is 1. The fraction of sp³-hybridized carbons (Fsp3) is 0.542. The monoisotopic (exact) mass is 353 g/mol.